The van der Waals surface area contributed by atoms with Crippen molar-refractivity contribution < 1.29 is 5.21 Å². The number of hydrogen-bond acceptors (Lipinski definition) is 3. The van der Waals surface area contributed by atoms with Gasteiger partial charge < -0.3 is 5.21 Å². The number of benzene rings is 1. The molecule has 0 aliphatic carbocycles. The minimum Gasteiger partial charge on any atom is -0.410 e. The predicted octanol–water partition coefficient (Wildman–Crippen LogP) is 2.61. The Morgan fingerprint density at radius 1 is 1.36 bits per heavy atom. The Balaban J connectivity index is 2.77. The lowest BCUT2D eigenvalue weighted by Gasteiger charge is -2.01. The van der Waals surface area contributed by atoms with Crippen LogP contribution in [0.5, 0.6) is 0 Å². The van der Waals surface area contributed by atoms with Gasteiger partial charge in [-0.15, -0.1) is 0 Å². The number of oxime groups is 1. The second-order valence-electron chi connectivity index (χ2n) is 2.79. The lowest BCUT2D eigenvalue weighted by Crippen LogP contribution is -1.92. The van der Waals surface area contributed by atoms with Crippen LogP contribution in [0, 0.1) is 0 Å². The van der Waals surface area contributed by atoms with E-state index in [1.54, 1.807) is 18.5 Å². The van der Waals surface area contributed by atoms with Crippen LogP contribution < -0.4 is 0 Å². The van der Waals surface area contributed by atoms with Gasteiger partial charge in [0.05, 0.1) is 0 Å². The molecule has 1 N–H and O–H groups in total. The first-order chi connectivity index (χ1) is 6.83. The van der Waals surface area contributed by atoms with Crippen LogP contribution in [0.4, 0.5) is 0 Å². The van der Waals surface area contributed by atoms with Crippen molar-refractivity contribution in [2.24, 2.45) is 5.16 Å². The average molecular weight is 207 g/mol. The quantitative estimate of drug-likeness (QED) is 0.443. The Hall–Kier alpha value is -1.61. The molecule has 0 unspecified atom stereocenters. The molecular weight excluding hydrogens is 200 g/mol. The molecule has 3 nitrogen and oxygen atoms in total. The molecule has 1 aromatic heterocycles. The van der Waals surface area contributed by atoms with Gasteiger partial charge in [-0.05, 0) is 11.5 Å². The van der Waals surface area contributed by atoms with E-state index in [-0.39, 0.29) is 5.17 Å². The summed E-state index contributed by atoms with van der Waals surface area (Å²) in [5.41, 5.74) is 0.680. The lowest BCUT2D eigenvalue weighted by molar-refractivity contribution is 0.321. The molecule has 0 radical (unpaired) electrons. The van der Waals surface area contributed by atoms with E-state index < -0.39 is 0 Å². The summed E-state index contributed by atoms with van der Waals surface area (Å²) in [6.45, 7) is 0. The number of halogens is 1. The third-order valence-electron chi connectivity index (χ3n) is 1.99. The van der Waals surface area contributed by atoms with Crippen LogP contribution in [0.25, 0.3) is 10.8 Å². The van der Waals surface area contributed by atoms with Crippen LogP contribution in [0.2, 0.25) is 0 Å². The number of hydrogen-bond donors (Lipinski definition) is 1. The Morgan fingerprint density at radius 2 is 2.21 bits per heavy atom. The maximum absolute atomic E-state index is 8.58. The topological polar surface area (TPSA) is 45.5 Å². The summed E-state index contributed by atoms with van der Waals surface area (Å²) < 4.78 is 0. The minimum atomic E-state index is 0.0728. The normalized spacial score (nSPS) is 11.9. The highest BCUT2D eigenvalue weighted by molar-refractivity contribution is 6.70. The Labute approximate surface area is 85.6 Å². The summed E-state index contributed by atoms with van der Waals surface area (Å²) >= 11 is 5.74. The van der Waals surface area contributed by atoms with E-state index in [1.807, 2.05) is 18.2 Å². The summed E-state index contributed by atoms with van der Waals surface area (Å²) in [6.07, 6.45) is 3.40. The maximum Gasteiger partial charge on any atom is 0.176 e. The molecule has 0 saturated heterocycles. The van der Waals surface area contributed by atoms with Crippen LogP contribution in [0.15, 0.2) is 41.8 Å². The van der Waals surface area contributed by atoms with E-state index in [1.165, 1.54) is 0 Å². The molecular formula is C10H7ClN2O. The summed E-state index contributed by atoms with van der Waals surface area (Å²) in [4.78, 5) is 3.99. The third-order valence-corrected chi connectivity index (χ3v) is 2.27. The van der Waals surface area contributed by atoms with E-state index in [0.29, 0.717) is 5.56 Å². The summed E-state index contributed by atoms with van der Waals surface area (Å²) in [6, 6.07) is 7.46. The Morgan fingerprint density at radius 3 is 3.00 bits per heavy atom. The first-order valence-corrected chi connectivity index (χ1v) is 4.41. The SMILES string of the molecule is O/N=C(/Cl)c1cccc2ccncc12. The number of nitrogens with zero attached hydrogens (tertiary/aromatic N) is 2. The molecule has 14 heavy (non-hydrogen) atoms. The van der Waals surface area contributed by atoms with Crippen molar-refractivity contribution in [3.8, 4) is 0 Å². The molecule has 4 heteroatoms. The molecule has 0 spiro atoms. The second kappa shape index (κ2) is 3.64. The maximum atomic E-state index is 8.58. The molecule has 0 aliphatic rings. The van der Waals surface area contributed by atoms with Gasteiger partial charge in [-0.3, -0.25) is 4.98 Å². The molecule has 1 aromatic carbocycles. The predicted molar refractivity (Wildman–Crippen MR) is 55.9 cm³/mol. The largest absolute Gasteiger partial charge is 0.410 e. The van der Waals surface area contributed by atoms with Gasteiger partial charge in [-0.25, -0.2) is 0 Å². The van der Waals surface area contributed by atoms with Crippen LogP contribution in [-0.4, -0.2) is 15.4 Å². The third kappa shape index (κ3) is 1.42. The first kappa shape index (κ1) is 8.97. The van der Waals surface area contributed by atoms with Crippen molar-refractivity contribution in [2.45, 2.75) is 0 Å². The zero-order chi connectivity index (χ0) is 9.97. The number of pyridine rings is 1. The van der Waals surface area contributed by atoms with E-state index in [2.05, 4.69) is 10.1 Å². The molecule has 0 atom stereocenters. The van der Waals surface area contributed by atoms with Crippen molar-refractivity contribution in [1.82, 2.24) is 4.98 Å². The second-order valence-corrected chi connectivity index (χ2v) is 3.15. The zero-order valence-corrected chi connectivity index (χ0v) is 7.94. The Bertz CT molecular complexity index is 491. The van der Waals surface area contributed by atoms with Crippen LogP contribution in [0.1, 0.15) is 5.56 Å². The molecule has 1 heterocycles. The van der Waals surface area contributed by atoms with Crippen LogP contribution in [-0.2, 0) is 0 Å². The fourth-order valence-electron chi connectivity index (χ4n) is 1.35. The van der Waals surface area contributed by atoms with Crippen LogP contribution >= 0.6 is 11.6 Å². The lowest BCUT2D eigenvalue weighted by atomic mass is 10.1. The van der Waals surface area contributed by atoms with Crippen molar-refractivity contribution in [3.63, 3.8) is 0 Å². The highest BCUT2D eigenvalue weighted by Gasteiger charge is 2.05. The van der Waals surface area contributed by atoms with Crippen molar-refractivity contribution in [1.29, 1.82) is 0 Å². The van der Waals surface area contributed by atoms with E-state index >= 15 is 0 Å². The van der Waals surface area contributed by atoms with Crippen LogP contribution in [0.3, 0.4) is 0 Å². The minimum absolute atomic E-state index is 0.0728. The van der Waals surface area contributed by atoms with Crippen molar-refractivity contribution in [3.05, 3.63) is 42.2 Å². The van der Waals surface area contributed by atoms with Gasteiger partial charge in [-0.2, -0.15) is 0 Å². The van der Waals surface area contributed by atoms with E-state index in [9.17, 15) is 0 Å². The molecule has 0 bridgehead atoms. The average Bonchev–Trinajstić information content (AvgIpc) is 2.27. The molecule has 0 aliphatic heterocycles. The van der Waals surface area contributed by atoms with E-state index in [0.717, 1.165) is 10.8 Å². The van der Waals surface area contributed by atoms with Gasteiger partial charge in [0.15, 0.2) is 5.17 Å². The highest BCUT2D eigenvalue weighted by atomic mass is 35.5. The standard InChI is InChI=1S/C10H7ClN2O/c11-10(13-14)8-3-1-2-7-4-5-12-6-9(7)8/h1-6,14H/b13-10+. The van der Waals surface area contributed by atoms with Gasteiger partial charge in [0.25, 0.3) is 0 Å². The van der Waals surface area contributed by atoms with Crippen molar-refractivity contribution in [2.75, 3.05) is 0 Å². The number of aromatic nitrogens is 1. The number of fused-ring (bicyclic) bond motifs is 1. The van der Waals surface area contributed by atoms with Gasteiger partial charge in [-0.1, -0.05) is 35.0 Å². The summed E-state index contributed by atoms with van der Waals surface area (Å²) in [5.74, 6) is 0. The fraction of sp³-hybridized carbons (Fsp3) is 0. The molecule has 2 aromatic rings. The fourth-order valence-corrected chi connectivity index (χ4v) is 1.51. The summed E-state index contributed by atoms with van der Waals surface area (Å²) in [5, 5.41) is 13.5. The smallest absolute Gasteiger partial charge is 0.176 e. The van der Waals surface area contributed by atoms with Crippen molar-refractivity contribution >= 4 is 27.5 Å². The zero-order valence-electron chi connectivity index (χ0n) is 7.18. The van der Waals surface area contributed by atoms with Gasteiger partial charge in [0.1, 0.15) is 0 Å². The first-order valence-electron chi connectivity index (χ1n) is 4.03. The Kier molecular flexibility index (Phi) is 2.33. The molecule has 0 saturated carbocycles. The van der Waals surface area contributed by atoms with Gasteiger partial charge >= 0.3 is 0 Å². The highest BCUT2D eigenvalue weighted by Crippen LogP contribution is 2.19. The molecule has 2 rings (SSSR count). The number of rotatable bonds is 1. The summed E-state index contributed by atoms with van der Waals surface area (Å²) in [7, 11) is 0. The molecule has 70 valence electrons. The molecule has 0 amide bonds. The van der Waals surface area contributed by atoms with Gasteiger partial charge in [0.2, 0.25) is 0 Å². The van der Waals surface area contributed by atoms with Gasteiger partial charge in [0, 0.05) is 23.3 Å². The monoisotopic (exact) mass is 206 g/mol. The molecule has 0 fully saturated rings. The van der Waals surface area contributed by atoms with E-state index in [4.69, 9.17) is 16.8 Å².